The SMILES string of the molecule is Cc1cc(-c2csc(NC(=O)c3cnsn3)n2)c(C)o1. The molecule has 1 amide bonds. The number of aromatic nitrogens is 3. The number of hydrogen-bond donors (Lipinski definition) is 1. The van der Waals surface area contributed by atoms with Crippen molar-refractivity contribution in [1.82, 2.24) is 13.7 Å². The molecule has 0 spiro atoms. The highest BCUT2D eigenvalue weighted by Gasteiger charge is 2.14. The van der Waals surface area contributed by atoms with Crippen molar-refractivity contribution in [3.05, 3.63) is 34.9 Å². The predicted molar refractivity (Wildman–Crippen MR) is 77.2 cm³/mol. The van der Waals surface area contributed by atoms with Crippen molar-refractivity contribution >= 4 is 34.1 Å². The van der Waals surface area contributed by atoms with Gasteiger partial charge in [-0.2, -0.15) is 8.75 Å². The Morgan fingerprint density at radius 3 is 2.90 bits per heavy atom. The van der Waals surface area contributed by atoms with Crippen LogP contribution in [-0.2, 0) is 0 Å². The highest BCUT2D eigenvalue weighted by atomic mass is 32.1. The normalized spacial score (nSPS) is 10.7. The number of carbonyl (C=O) groups excluding carboxylic acids is 1. The Balaban J connectivity index is 1.81. The molecule has 0 unspecified atom stereocenters. The minimum atomic E-state index is -0.306. The average Bonchev–Trinajstić information content (AvgIpc) is 3.10. The molecule has 3 aromatic rings. The molecule has 0 aliphatic heterocycles. The van der Waals surface area contributed by atoms with E-state index in [1.165, 1.54) is 17.5 Å². The quantitative estimate of drug-likeness (QED) is 0.804. The summed E-state index contributed by atoms with van der Waals surface area (Å²) in [5.74, 6) is 1.35. The Morgan fingerprint density at radius 2 is 2.25 bits per heavy atom. The van der Waals surface area contributed by atoms with Gasteiger partial charge in [0.2, 0.25) is 0 Å². The first kappa shape index (κ1) is 12.9. The lowest BCUT2D eigenvalue weighted by atomic mass is 10.2. The highest BCUT2D eigenvalue weighted by Crippen LogP contribution is 2.29. The van der Waals surface area contributed by atoms with Gasteiger partial charge >= 0.3 is 0 Å². The van der Waals surface area contributed by atoms with Crippen LogP contribution in [0.4, 0.5) is 5.13 Å². The monoisotopic (exact) mass is 306 g/mol. The fourth-order valence-corrected chi connectivity index (χ4v) is 2.88. The number of anilines is 1. The molecule has 0 fully saturated rings. The number of nitrogens with one attached hydrogen (secondary N) is 1. The van der Waals surface area contributed by atoms with E-state index in [9.17, 15) is 4.79 Å². The first-order chi connectivity index (χ1) is 9.63. The van der Waals surface area contributed by atoms with Crippen molar-refractivity contribution in [2.45, 2.75) is 13.8 Å². The zero-order valence-electron chi connectivity index (χ0n) is 10.7. The van der Waals surface area contributed by atoms with Crippen LogP contribution in [0.2, 0.25) is 0 Å². The summed E-state index contributed by atoms with van der Waals surface area (Å²) in [5.41, 5.74) is 2.02. The second-order valence-electron chi connectivity index (χ2n) is 4.11. The second kappa shape index (κ2) is 5.14. The van der Waals surface area contributed by atoms with E-state index in [0.29, 0.717) is 10.8 Å². The topological polar surface area (TPSA) is 80.9 Å². The van der Waals surface area contributed by atoms with Gasteiger partial charge in [0.05, 0.1) is 23.6 Å². The van der Waals surface area contributed by atoms with Gasteiger partial charge in [0.1, 0.15) is 11.5 Å². The molecule has 1 N–H and O–H groups in total. The molecule has 0 radical (unpaired) electrons. The van der Waals surface area contributed by atoms with Gasteiger partial charge in [-0.15, -0.1) is 11.3 Å². The molecular weight excluding hydrogens is 296 g/mol. The second-order valence-corrected chi connectivity index (χ2v) is 5.53. The fraction of sp³-hybridized carbons (Fsp3) is 0.167. The number of thiazole rings is 1. The number of rotatable bonds is 3. The number of hydrogen-bond acceptors (Lipinski definition) is 7. The first-order valence-corrected chi connectivity index (χ1v) is 7.36. The van der Waals surface area contributed by atoms with Crippen molar-refractivity contribution in [3.8, 4) is 11.3 Å². The molecule has 0 bridgehead atoms. The van der Waals surface area contributed by atoms with Gasteiger partial charge in [-0.1, -0.05) is 0 Å². The van der Waals surface area contributed by atoms with Crippen LogP contribution in [0, 0.1) is 13.8 Å². The predicted octanol–water partition coefficient (Wildman–Crippen LogP) is 3.12. The molecule has 20 heavy (non-hydrogen) atoms. The van der Waals surface area contributed by atoms with Crippen LogP contribution in [0.5, 0.6) is 0 Å². The molecule has 3 heterocycles. The van der Waals surface area contributed by atoms with Gasteiger partial charge in [-0.05, 0) is 19.9 Å². The van der Waals surface area contributed by atoms with Gasteiger partial charge in [0, 0.05) is 10.9 Å². The van der Waals surface area contributed by atoms with E-state index in [1.54, 1.807) is 0 Å². The van der Waals surface area contributed by atoms with Crippen molar-refractivity contribution in [2.75, 3.05) is 5.32 Å². The number of nitrogens with zero attached hydrogens (tertiary/aromatic N) is 3. The lowest BCUT2D eigenvalue weighted by molar-refractivity contribution is 0.102. The van der Waals surface area contributed by atoms with Crippen LogP contribution in [0.15, 0.2) is 22.1 Å². The summed E-state index contributed by atoms with van der Waals surface area (Å²) in [5, 5.41) is 5.11. The smallest absolute Gasteiger partial charge is 0.278 e. The van der Waals surface area contributed by atoms with Crippen LogP contribution in [0.3, 0.4) is 0 Å². The van der Waals surface area contributed by atoms with Crippen LogP contribution < -0.4 is 5.32 Å². The zero-order valence-corrected chi connectivity index (χ0v) is 12.3. The average molecular weight is 306 g/mol. The highest BCUT2D eigenvalue weighted by molar-refractivity contribution is 7.14. The van der Waals surface area contributed by atoms with Crippen molar-refractivity contribution in [2.24, 2.45) is 0 Å². The van der Waals surface area contributed by atoms with Crippen LogP contribution in [0.25, 0.3) is 11.3 Å². The largest absolute Gasteiger partial charge is 0.466 e. The van der Waals surface area contributed by atoms with Gasteiger partial charge < -0.3 is 4.42 Å². The maximum absolute atomic E-state index is 11.8. The first-order valence-electron chi connectivity index (χ1n) is 5.75. The van der Waals surface area contributed by atoms with Gasteiger partial charge in [0.15, 0.2) is 10.8 Å². The molecule has 102 valence electrons. The van der Waals surface area contributed by atoms with Crippen LogP contribution >= 0.6 is 23.1 Å². The molecule has 3 rings (SSSR count). The van der Waals surface area contributed by atoms with Crippen LogP contribution in [-0.4, -0.2) is 19.6 Å². The Bertz CT molecular complexity index is 745. The lowest BCUT2D eigenvalue weighted by Gasteiger charge is -1.96. The van der Waals surface area contributed by atoms with Gasteiger partial charge in [-0.25, -0.2) is 4.98 Å². The van der Waals surface area contributed by atoms with Crippen molar-refractivity contribution in [3.63, 3.8) is 0 Å². The summed E-state index contributed by atoms with van der Waals surface area (Å²) in [6.45, 7) is 3.78. The summed E-state index contributed by atoms with van der Waals surface area (Å²) in [6, 6.07) is 1.93. The van der Waals surface area contributed by atoms with Crippen molar-refractivity contribution < 1.29 is 9.21 Å². The maximum Gasteiger partial charge on any atom is 0.278 e. The van der Waals surface area contributed by atoms with Crippen molar-refractivity contribution in [1.29, 1.82) is 0 Å². The zero-order chi connectivity index (χ0) is 14.1. The molecule has 0 aliphatic carbocycles. The number of furan rings is 1. The van der Waals surface area contributed by atoms with Gasteiger partial charge in [0.25, 0.3) is 5.91 Å². The standard InChI is InChI=1S/C12H10N4O2S2/c1-6-3-8(7(2)18-6)10-5-19-12(14-10)15-11(17)9-4-13-20-16-9/h3-5H,1-2H3,(H,14,15,17). The van der Waals surface area contributed by atoms with Crippen LogP contribution in [0.1, 0.15) is 22.0 Å². The summed E-state index contributed by atoms with van der Waals surface area (Å²) >= 11 is 2.35. The number of amides is 1. The molecule has 0 atom stereocenters. The Hall–Kier alpha value is -2.06. The van der Waals surface area contributed by atoms with E-state index < -0.39 is 0 Å². The molecule has 3 aromatic heterocycles. The number of aryl methyl sites for hydroxylation is 2. The molecule has 0 saturated heterocycles. The summed E-state index contributed by atoms with van der Waals surface area (Å²) in [4.78, 5) is 16.2. The third kappa shape index (κ3) is 2.47. The third-order valence-electron chi connectivity index (χ3n) is 2.64. The van der Waals surface area contributed by atoms with E-state index in [1.807, 2.05) is 25.3 Å². The Morgan fingerprint density at radius 1 is 1.40 bits per heavy atom. The minimum Gasteiger partial charge on any atom is -0.466 e. The third-order valence-corrected chi connectivity index (χ3v) is 3.87. The summed E-state index contributed by atoms with van der Waals surface area (Å²) in [6.07, 6.45) is 1.43. The summed E-state index contributed by atoms with van der Waals surface area (Å²) in [7, 11) is 0. The fourth-order valence-electron chi connectivity index (χ4n) is 1.77. The molecule has 8 heteroatoms. The number of carbonyl (C=O) groups is 1. The molecule has 0 aliphatic rings. The van der Waals surface area contributed by atoms with E-state index >= 15 is 0 Å². The molecular formula is C12H10N4O2S2. The molecule has 6 nitrogen and oxygen atoms in total. The molecule has 0 saturated carbocycles. The van der Waals surface area contributed by atoms with E-state index in [4.69, 9.17) is 4.42 Å². The van der Waals surface area contributed by atoms with E-state index in [-0.39, 0.29) is 5.91 Å². The van der Waals surface area contributed by atoms with E-state index in [2.05, 4.69) is 19.0 Å². The van der Waals surface area contributed by atoms with E-state index in [0.717, 1.165) is 34.5 Å². The van der Waals surface area contributed by atoms with Gasteiger partial charge in [-0.3, -0.25) is 10.1 Å². The lowest BCUT2D eigenvalue weighted by Crippen LogP contribution is -2.11. The minimum absolute atomic E-state index is 0.294. The summed E-state index contributed by atoms with van der Waals surface area (Å²) < 4.78 is 13.1. The molecule has 0 aromatic carbocycles. The Labute approximate surface area is 122 Å². The maximum atomic E-state index is 11.8. The Kier molecular flexibility index (Phi) is 3.33.